The molecule has 1 unspecified atom stereocenters. The number of hydrogen-bond acceptors (Lipinski definition) is 6. The quantitative estimate of drug-likeness (QED) is 0.546. The summed E-state index contributed by atoms with van der Waals surface area (Å²) in [5, 5.41) is 0. The summed E-state index contributed by atoms with van der Waals surface area (Å²) in [6.07, 6.45) is 1.31. The molecule has 0 aliphatic carbocycles. The number of carbonyl (C=O) groups excluding carboxylic acids is 1. The summed E-state index contributed by atoms with van der Waals surface area (Å²) < 4.78 is 34.7. The molecule has 1 atom stereocenters. The molecule has 2 aromatic rings. The monoisotopic (exact) mass is 482 g/mol. The maximum Gasteiger partial charge on any atom is 0.307 e. The van der Waals surface area contributed by atoms with Crippen LogP contribution in [0.3, 0.4) is 0 Å². The summed E-state index contributed by atoms with van der Waals surface area (Å²) in [4.78, 5) is 22.0. The normalized spacial score (nSPS) is 20.3. The van der Waals surface area contributed by atoms with Gasteiger partial charge in [-0.2, -0.15) is 17.7 Å². The third kappa shape index (κ3) is 5.37. The van der Waals surface area contributed by atoms with Crippen LogP contribution in [0.15, 0.2) is 70.6 Å². The number of aliphatic imine (C=N–C) groups is 2. The van der Waals surface area contributed by atoms with E-state index >= 15 is 0 Å². The molecule has 0 aromatic heterocycles. The van der Waals surface area contributed by atoms with Gasteiger partial charge in [0, 0.05) is 25.1 Å². The lowest BCUT2D eigenvalue weighted by Crippen LogP contribution is -2.36. The number of carbonyl (C=O) groups is 1. The molecule has 2 aromatic carbocycles. The lowest BCUT2D eigenvalue weighted by molar-refractivity contribution is -0.128. The zero-order chi connectivity index (χ0) is 24.1. The van der Waals surface area contributed by atoms with E-state index in [9.17, 15) is 13.2 Å². The average Bonchev–Trinajstić information content (AvgIpc) is 3.00. The first-order valence-electron chi connectivity index (χ1n) is 11.5. The van der Waals surface area contributed by atoms with Gasteiger partial charge in [-0.1, -0.05) is 74.5 Å². The van der Waals surface area contributed by atoms with Crippen LogP contribution in [0.1, 0.15) is 44.2 Å². The lowest BCUT2D eigenvalue weighted by Gasteiger charge is -2.22. The fourth-order valence-electron chi connectivity index (χ4n) is 4.13. The van der Waals surface area contributed by atoms with Crippen molar-refractivity contribution in [1.29, 1.82) is 0 Å². The SMILES string of the molecule is CC(C)CC1C(=O)N(CCCC2=NC(c3ccccc3)=NCO2)S(=O)(=O)N1Cc1ccccc1. The van der Waals surface area contributed by atoms with Gasteiger partial charge in [0.15, 0.2) is 18.5 Å². The number of ether oxygens (including phenoxy) is 1. The Labute approximate surface area is 201 Å². The van der Waals surface area contributed by atoms with E-state index in [1.165, 1.54) is 4.31 Å². The number of benzene rings is 2. The van der Waals surface area contributed by atoms with Gasteiger partial charge in [0.1, 0.15) is 6.04 Å². The minimum atomic E-state index is -3.91. The van der Waals surface area contributed by atoms with Crippen molar-refractivity contribution < 1.29 is 17.9 Å². The highest BCUT2D eigenvalue weighted by Crippen LogP contribution is 2.30. The predicted octanol–water partition coefficient (Wildman–Crippen LogP) is 3.60. The van der Waals surface area contributed by atoms with Crippen LogP contribution < -0.4 is 0 Å². The zero-order valence-electron chi connectivity index (χ0n) is 19.5. The molecule has 0 saturated carbocycles. The first-order chi connectivity index (χ1) is 16.4. The van der Waals surface area contributed by atoms with Gasteiger partial charge in [-0.25, -0.2) is 9.30 Å². The first-order valence-corrected chi connectivity index (χ1v) is 12.9. The molecule has 34 heavy (non-hydrogen) atoms. The van der Waals surface area contributed by atoms with Crippen LogP contribution in [0.25, 0.3) is 0 Å². The van der Waals surface area contributed by atoms with E-state index in [2.05, 4.69) is 9.98 Å². The molecule has 2 aliphatic rings. The Kier molecular flexibility index (Phi) is 7.43. The second-order valence-corrected chi connectivity index (χ2v) is 10.6. The average molecular weight is 483 g/mol. The number of rotatable bonds is 9. The summed E-state index contributed by atoms with van der Waals surface area (Å²) in [5.74, 6) is 0.918. The highest BCUT2D eigenvalue weighted by Gasteiger charge is 2.49. The molecule has 1 saturated heterocycles. The molecule has 1 amide bonds. The van der Waals surface area contributed by atoms with Crippen LogP contribution in [0.5, 0.6) is 0 Å². The van der Waals surface area contributed by atoms with Crippen LogP contribution in [0.4, 0.5) is 0 Å². The number of nitrogens with zero attached hydrogens (tertiary/aromatic N) is 4. The summed E-state index contributed by atoms with van der Waals surface area (Å²) >= 11 is 0. The minimum absolute atomic E-state index is 0.0846. The van der Waals surface area contributed by atoms with Crippen LogP contribution in [0, 0.1) is 5.92 Å². The molecule has 0 bridgehead atoms. The van der Waals surface area contributed by atoms with Crippen molar-refractivity contribution in [2.75, 3.05) is 13.3 Å². The van der Waals surface area contributed by atoms with Gasteiger partial charge in [0.2, 0.25) is 0 Å². The van der Waals surface area contributed by atoms with Crippen molar-refractivity contribution >= 4 is 27.8 Å². The molecule has 2 heterocycles. The third-order valence-corrected chi connectivity index (χ3v) is 7.68. The summed E-state index contributed by atoms with van der Waals surface area (Å²) in [6, 6.07) is 18.3. The fraction of sp³-hybridized carbons (Fsp3) is 0.400. The Hall–Kier alpha value is -3.04. The van der Waals surface area contributed by atoms with E-state index in [0.717, 1.165) is 15.4 Å². The molecule has 2 aliphatic heterocycles. The highest BCUT2D eigenvalue weighted by atomic mass is 32.2. The van der Waals surface area contributed by atoms with Crippen LogP contribution in [0.2, 0.25) is 0 Å². The fourth-order valence-corrected chi connectivity index (χ4v) is 5.91. The number of amidine groups is 1. The van der Waals surface area contributed by atoms with Crippen LogP contribution >= 0.6 is 0 Å². The Morgan fingerprint density at radius 3 is 2.41 bits per heavy atom. The van der Waals surface area contributed by atoms with Crippen molar-refractivity contribution in [2.24, 2.45) is 15.9 Å². The maximum atomic E-state index is 13.4. The smallest absolute Gasteiger partial charge is 0.307 e. The largest absolute Gasteiger partial charge is 0.458 e. The van der Waals surface area contributed by atoms with Crippen molar-refractivity contribution in [2.45, 2.75) is 45.7 Å². The Morgan fingerprint density at radius 1 is 1.06 bits per heavy atom. The molecule has 0 spiro atoms. The van der Waals surface area contributed by atoms with E-state index in [4.69, 9.17) is 4.74 Å². The van der Waals surface area contributed by atoms with Gasteiger partial charge in [0.25, 0.3) is 5.91 Å². The standard InChI is InChI=1S/C25H30N4O4S/c1-19(2)16-22-25(30)28(34(31,32)29(22)17-20-10-5-3-6-11-20)15-9-14-23-27-24(26-18-33-23)21-12-7-4-8-13-21/h3-8,10-13,19,22H,9,14-18H2,1-2H3. The Morgan fingerprint density at radius 2 is 1.74 bits per heavy atom. The molecular weight excluding hydrogens is 452 g/mol. The molecule has 0 N–H and O–H groups in total. The topological polar surface area (TPSA) is 91.6 Å². The summed E-state index contributed by atoms with van der Waals surface area (Å²) in [7, 11) is -3.91. The van der Waals surface area contributed by atoms with Crippen LogP contribution in [-0.4, -0.2) is 54.0 Å². The second-order valence-electron chi connectivity index (χ2n) is 8.82. The maximum absolute atomic E-state index is 13.4. The van der Waals surface area contributed by atoms with Gasteiger partial charge in [0.05, 0.1) is 0 Å². The van der Waals surface area contributed by atoms with Crippen molar-refractivity contribution in [3.05, 3.63) is 71.8 Å². The van der Waals surface area contributed by atoms with Gasteiger partial charge in [-0.15, -0.1) is 0 Å². The Bertz CT molecular complexity index is 1160. The minimum Gasteiger partial charge on any atom is -0.458 e. The highest BCUT2D eigenvalue weighted by molar-refractivity contribution is 7.87. The lowest BCUT2D eigenvalue weighted by atomic mass is 10.0. The zero-order valence-corrected chi connectivity index (χ0v) is 20.3. The van der Waals surface area contributed by atoms with E-state index in [1.807, 2.05) is 74.5 Å². The van der Waals surface area contributed by atoms with E-state index < -0.39 is 16.3 Å². The van der Waals surface area contributed by atoms with Crippen molar-refractivity contribution in [3.63, 3.8) is 0 Å². The first kappa shape index (κ1) is 24.1. The number of amides is 1. The van der Waals surface area contributed by atoms with Gasteiger partial charge in [-0.05, 0) is 24.3 Å². The molecule has 9 heteroatoms. The predicted molar refractivity (Wildman–Crippen MR) is 131 cm³/mol. The second kappa shape index (κ2) is 10.5. The molecule has 1 fully saturated rings. The van der Waals surface area contributed by atoms with Crippen LogP contribution in [-0.2, 0) is 26.3 Å². The van der Waals surface area contributed by atoms with Gasteiger partial charge < -0.3 is 4.74 Å². The molecule has 8 nitrogen and oxygen atoms in total. The van der Waals surface area contributed by atoms with Crippen molar-refractivity contribution in [3.8, 4) is 0 Å². The third-order valence-electron chi connectivity index (χ3n) is 5.79. The van der Waals surface area contributed by atoms with E-state index in [1.54, 1.807) is 0 Å². The number of hydrogen-bond donors (Lipinski definition) is 0. The van der Waals surface area contributed by atoms with Gasteiger partial charge >= 0.3 is 10.2 Å². The van der Waals surface area contributed by atoms with Gasteiger partial charge in [-0.3, -0.25) is 4.79 Å². The molecule has 180 valence electrons. The summed E-state index contributed by atoms with van der Waals surface area (Å²) in [5.41, 5.74) is 1.75. The molecule has 0 radical (unpaired) electrons. The van der Waals surface area contributed by atoms with Crippen molar-refractivity contribution in [1.82, 2.24) is 8.61 Å². The molecule has 4 rings (SSSR count). The van der Waals surface area contributed by atoms with E-state index in [-0.39, 0.29) is 31.6 Å². The Balaban J connectivity index is 1.45. The van der Waals surface area contributed by atoms with E-state index in [0.29, 0.717) is 31.0 Å². The summed E-state index contributed by atoms with van der Waals surface area (Å²) in [6.45, 7) is 4.42. The molecular formula is C25H30N4O4S.